The van der Waals surface area contributed by atoms with Crippen molar-refractivity contribution in [3.63, 3.8) is 0 Å². The summed E-state index contributed by atoms with van der Waals surface area (Å²) in [5.74, 6) is 0.882. The zero-order valence-corrected chi connectivity index (χ0v) is 19.1. The number of sulfonamides is 1. The maximum Gasteiger partial charge on any atom is 0.243 e. The molecule has 0 N–H and O–H groups in total. The summed E-state index contributed by atoms with van der Waals surface area (Å²) in [6, 6.07) is 20.7. The van der Waals surface area contributed by atoms with E-state index in [1.165, 1.54) is 4.31 Å². The molecule has 6 nitrogen and oxygen atoms in total. The smallest absolute Gasteiger partial charge is 0.243 e. The first-order chi connectivity index (χ1) is 15.5. The third-order valence-electron chi connectivity index (χ3n) is 5.81. The molecule has 0 atom stereocenters. The molecule has 0 aliphatic carbocycles. The van der Waals surface area contributed by atoms with Gasteiger partial charge in [-0.05, 0) is 53.9 Å². The van der Waals surface area contributed by atoms with E-state index in [4.69, 9.17) is 4.74 Å². The highest BCUT2D eigenvalue weighted by atomic mass is 32.2. The number of carbonyl (C=O) groups excluding carboxylic acids is 1. The van der Waals surface area contributed by atoms with E-state index in [0.717, 1.165) is 22.1 Å². The second-order valence-electron chi connectivity index (χ2n) is 7.87. The van der Waals surface area contributed by atoms with Gasteiger partial charge in [-0.2, -0.15) is 4.31 Å². The Morgan fingerprint density at radius 2 is 1.59 bits per heavy atom. The van der Waals surface area contributed by atoms with E-state index < -0.39 is 10.0 Å². The van der Waals surface area contributed by atoms with E-state index in [9.17, 15) is 13.2 Å². The second kappa shape index (κ2) is 9.71. The molecule has 7 heteroatoms. The van der Waals surface area contributed by atoms with Crippen LogP contribution < -0.4 is 4.74 Å². The van der Waals surface area contributed by atoms with Crippen molar-refractivity contribution in [2.75, 3.05) is 32.8 Å². The van der Waals surface area contributed by atoms with Gasteiger partial charge in [-0.25, -0.2) is 8.42 Å². The third kappa shape index (κ3) is 4.95. The van der Waals surface area contributed by atoms with Crippen molar-refractivity contribution in [2.45, 2.75) is 24.7 Å². The number of hydrogen-bond donors (Lipinski definition) is 0. The summed E-state index contributed by atoms with van der Waals surface area (Å²) in [4.78, 5) is 14.7. The molecule has 0 bridgehead atoms. The van der Waals surface area contributed by atoms with Crippen molar-refractivity contribution in [3.05, 3.63) is 72.3 Å². The number of aryl methyl sites for hydroxylation is 1. The average Bonchev–Trinajstić information content (AvgIpc) is 2.83. The standard InChI is InChI=1S/C25H28N2O4S/c1-2-31-23-11-7-20(8-12-23)9-14-25(28)26-15-17-27(18-16-26)32(29,30)24-13-10-21-5-3-4-6-22(21)19-24/h3-8,10-13,19H,2,9,14-18H2,1H3. The van der Waals surface area contributed by atoms with Crippen molar-refractivity contribution < 1.29 is 17.9 Å². The topological polar surface area (TPSA) is 66.9 Å². The Morgan fingerprint density at radius 3 is 2.28 bits per heavy atom. The van der Waals surface area contributed by atoms with Gasteiger partial charge in [-0.3, -0.25) is 4.79 Å². The molecule has 0 unspecified atom stereocenters. The van der Waals surface area contributed by atoms with Gasteiger partial charge in [0.1, 0.15) is 5.75 Å². The molecule has 1 aliphatic rings. The number of ether oxygens (including phenoxy) is 1. The Bertz CT molecular complexity index is 1180. The van der Waals surface area contributed by atoms with Crippen LogP contribution in [0.2, 0.25) is 0 Å². The monoisotopic (exact) mass is 452 g/mol. The fourth-order valence-corrected chi connectivity index (χ4v) is 5.44. The Morgan fingerprint density at radius 1 is 0.906 bits per heavy atom. The largest absolute Gasteiger partial charge is 0.494 e. The summed E-state index contributed by atoms with van der Waals surface area (Å²) in [5.41, 5.74) is 1.08. The minimum Gasteiger partial charge on any atom is -0.494 e. The normalized spacial score (nSPS) is 15.1. The number of hydrogen-bond acceptors (Lipinski definition) is 4. The van der Waals surface area contributed by atoms with E-state index >= 15 is 0 Å². The molecule has 32 heavy (non-hydrogen) atoms. The first-order valence-electron chi connectivity index (χ1n) is 11.0. The van der Waals surface area contributed by atoms with Gasteiger partial charge in [-0.1, -0.05) is 42.5 Å². The van der Waals surface area contributed by atoms with Crippen molar-refractivity contribution >= 4 is 26.7 Å². The van der Waals surface area contributed by atoms with Crippen molar-refractivity contribution in [3.8, 4) is 5.75 Å². The van der Waals surface area contributed by atoms with Crippen LogP contribution >= 0.6 is 0 Å². The van der Waals surface area contributed by atoms with Crippen molar-refractivity contribution in [2.24, 2.45) is 0 Å². The average molecular weight is 453 g/mol. The van der Waals surface area contributed by atoms with Gasteiger partial charge in [0.2, 0.25) is 15.9 Å². The highest BCUT2D eigenvalue weighted by Gasteiger charge is 2.30. The zero-order chi connectivity index (χ0) is 22.6. The lowest BCUT2D eigenvalue weighted by molar-refractivity contribution is -0.132. The first-order valence-corrected chi connectivity index (χ1v) is 12.4. The van der Waals surface area contributed by atoms with Crippen LogP contribution in [0.1, 0.15) is 18.9 Å². The van der Waals surface area contributed by atoms with Crippen LogP contribution in [0, 0.1) is 0 Å². The van der Waals surface area contributed by atoms with Crippen LogP contribution in [-0.2, 0) is 21.2 Å². The van der Waals surface area contributed by atoms with E-state index in [-0.39, 0.29) is 5.91 Å². The molecular weight excluding hydrogens is 424 g/mol. The van der Waals surface area contributed by atoms with Gasteiger partial charge in [0.25, 0.3) is 0 Å². The van der Waals surface area contributed by atoms with E-state index in [1.807, 2.05) is 61.5 Å². The molecule has 1 saturated heterocycles. The highest BCUT2D eigenvalue weighted by Crippen LogP contribution is 2.23. The summed E-state index contributed by atoms with van der Waals surface area (Å²) >= 11 is 0. The molecule has 0 spiro atoms. The van der Waals surface area contributed by atoms with Crippen LogP contribution in [0.5, 0.6) is 5.75 Å². The maximum absolute atomic E-state index is 13.1. The minimum absolute atomic E-state index is 0.0571. The van der Waals surface area contributed by atoms with Gasteiger partial charge in [-0.15, -0.1) is 0 Å². The Balaban J connectivity index is 1.33. The van der Waals surface area contributed by atoms with E-state index in [2.05, 4.69) is 0 Å². The number of amides is 1. The molecule has 3 aromatic rings. The molecule has 1 heterocycles. The molecule has 0 aromatic heterocycles. The molecule has 1 fully saturated rings. The van der Waals surface area contributed by atoms with Crippen molar-refractivity contribution in [1.82, 2.24) is 9.21 Å². The van der Waals surface area contributed by atoms with Gasteiger partial charge < -0.3 is 9.64 Å². The summed E-state index contributed by atoms with van der Waals surface area (Å²) in [5, 5.41) is 1.91. The number of benzene rings is 3. The number of fused-ring (bicyclic) bond motifs is 1. The van der Waals surface area contributed by atoms with Crippen LogP contribution in [0.25, 0.3) is 10.8 Å². The predicted octanol–water partition coefficient (Wildman–Crippen LogP) is 3.70. The quantitative estimate of drug-likeness (QED) is 0.548. The number of carbonyl (C=O) groups is 1. The van der Waals surface area contributed by atoms with Gasteiger partial charge >= 0.3 is 0 Å². The second-order valence-corrected chi connectivity index (χ2v) is 9.81. The maximum atomic E-state index is 13.1. The predicted molar refractivity (Wildman–Crippen MR) is 125 cm³/mol. The minimum atomic E-state index is -3.58. The highest BCUT2D eigenvalue weighted by molar-refractivity contribution is 7.89. The molecule has 168 valence electrons. The Hall–Kier alpha value is -2.90. The molecule has 1 aliphatic heterocycles. The number of nitrogens with zero attached hydrogens (tertiary/aromatic N) is 2. The summed E-state index contributed by atoms with van der Waals surface area (Å²) in [6.45, 7) is 4.01. The first kappa shape index (κ1) is 22.3. The lowest BCUT2D eigenvalue weighted by Crippen LogP contribution is -2.50. The fourth-order valence-electron chi connectivity index (χ4n) is 3.98. The van der Waals surface area contributed by atoms with Crippen molar-refractivity contribution in [1.29, 1.82) is 0 Å². The molecule has 3 aromatic carbocycles. The van der Waals surface area contributed by atoms with Crippen LogP contribution in [-0.4, -0.2) is 56.3 Å². The Labute approximate surface area is 189 Å². The van der Waals surface area contributed by atoms with Crippen LogP contribution in [0.3, 0.4) is 0 Å². The van der Waals surface area contributed by atoms with Gasteiger partial charge in [0, 0.05) is 32.6 Å². The summed E-state index contributed by atoms with van der Waals surface area (Å²) in [6.07, 6.45) is 1.06. The van der Waals surface area contributed by atoms with Gasteiger partial charge in [0.05, 0.1) is 11.5 Å². The van der Waals surface area contributed by atoms with Crippen LogP contribution in [0.4, 0.5) is 0 Å². The molecule has 0 radical (unpaired) electrons. The van der Waals surface area contributed by atoms with E-state index in [0.29, 0.717) is 50.5 Å². The third-order valence-corrected chi connectivity index (χ3v) is 7.71. The molecule has 0 saturated carbocycles. The Kier molecular flexibility index (Phi) is 6.77. The van der Waals surface area contributed by atoms with E-state index in [1.54, 1.807) is 17.0 Å². The summed E-state index contributed by atoms with van der Waals surface area (Å²) < 4.78 is 33.1. The number of rotatable bonds is 7. The zero-order valence-electron chi connectivity index (χ0n) is 18.2. The molecule has 4 rings (SSSR count). The summed E-state index contributed by atoms with van der Waals surface area (Å²) in [7, 11) is -3.58. The number of piperazine rings is 1. The SMILES string of the molecule is CCOc1ccc(CCC(=O)N2CCN(S(=O)(=O)c3ccc4ccccc4c3)CC2)cc1. The van der Waals surface area contributed by atoms with Crippen LogP contribution in [0.15, 0.2) is 71.6 Å². The molecular formula is C25H28N2O4S. The lowest BCUT2D eigenvalue weighted by Gasteiger charge is -2.34. The van der Waals surface area contributed by atoms with Gasteiger partial charge in [0.15, 0.2) is 0 Å². The lowest BCUT2D eigenvalue weighted by atomic mass is 10.1. The molecule has 1 amide bonds. The fraction of sp³-hybridized carbons (Fsp3) is 0.320.